The Bertz CT molecular complexity index is 623. The molecule has 3 rings (SSSR count). The second-order valence-corrected chi connectivity index (χ2v) is 5.53. The largest absolute Gasteiger partial charge is 0.348 e. The topological polar surface area (TPSA) is 41.1 Å². The van der Waals surface area contributed by atoms with Crippen LogP contribution in [0.15, 0.2) is 42.5 Å². The number of benzene rings is 2. The molecule has 0 spiro atoms. The fraction of sp³-hybridized carbons (Fsp3) is 0.353. The van der Waals surface area contributed by atoms with E-state index in [4.69, 9.17) is 0 Å². The van der Waals surface area contributed by atoms with Crippen molar-refractivity contribution in [1.82, 2.24) is 10.6 Å². The molecule has 2 aromatic rings. The van der Waals surface area contributed by atoms with E-state index in [1.54, 1.807) is 0 Å². The Morgan fingerprint density at radius 1 is 1.20 bits per heavy atom. The number of carbonyl (C=O) groups excluding carboxylic acids is 1. The van der Waals surface area contributed by atoms with Gasteiger partial charge in [0.2, 0.25) is 0 Å². The Hall–Kier alpha value is -1.87. The summed E-state index contributed by atoms with van der Waals surface area (Å²) >= 11 is 0. The van der Waals surface area contributed by atoms with Crippen LogP contribution in [-0.4, -0.2) is 24.5 Å². The molecule has 0 radical (unpaired) electrons. The Morgan fingerprint density at radius 3 is 2.80 bits per heavy atom. The second kappa shape index (κ2) is 5.63. The Labute approximate surface area is 119 Å². The quantitative estimate of drug-likeness (QED) is 0.879. The van der Waals surface area contributed by atoms with Crippen LogP contribution in [0.5, 0.6) is 0 Å². The molecule has 1 fully saturated rings. The number of rotatable bonds is 2. The highest BCUT2D eigenvalue weighted by molar-refractivity contribution is 5.98. The fourth-order valence-corrected chi connectivity index (χ4v) is 2.82. The molecule has 0 saturated carbocycles. The number of hydrogen-bond acceptors (Lipinski definition) is 2. The summed E-state index contributed by atoms with van der Waals surface area (Å²) in [6, 6.07) is 14.5. The molecule has 1 aliphatic rings. The zero-order valence-corrected chi connectivity index (χ0v) is 11.7. The maximum absolute atomic E-state index is 12.4. The van der Waals surface area contributed by atoms with Crippen LogP contribution in [0.25, 0.3) is 10.8 Å². The first-order valence-corrected chi connectivity index (χ1v) is 7.27. The summed E-state index contributed by atoms with van der Waals surface area (Å²) in [5.74, 6) is 0.0244. The first kappa shape index (κ1) is 13.1. The van der Waals surface area contributed by atoms with Crippen LogP contribution in [0, 0.1) is 0 Å². The maximum Gasteiger partial charge on any atom is 0.251 e. The third-order valence-electron chi connectivity index (χ3n) is 4.09. The van der Waals surface area contributed by atoms with Crippen molar-refractivity contribution in [1.29, 1.82) is 0 Å². The fourth-order valence-electron chi connectivity index (χ4n) is 2.82. The number of nitrogens with one attached hydrogen (secondary N) is 2. The monoisotopic (exact) mass is 268 g/mol. The summed E-state index contributed by atoms with van der Waals surface area (Å²) in [4.78, 5) is 12.4. The second-order valence-electron chi connectivity index (χ2n) is 5.53. The minimum atomic E-state index is 0.0244. The van der Waals surface area contributed by atoms with E-state index in [2.05, 4.69) is 23.6 Å². The third-order valence-corrected chi connectivity index (χ3v) is 4.09. The lowest BCUT2D eigenvalue weighted by molar-refractivity contribution is 0.0920. The van der Waals surface area contributed by atoms with Crippen LogP contribution in [0.1, 0.15) is 30.1 Å². The average molecular weight is 268 g/mol. The first-order chi connectivity index (χ1) is 9.74. The van der Waals surface area contributed by atoms with Gasteiger partial charge in [-0.1, -0.05) is 30.3 Å². The molecule has 2 unspecified atom stereocenters. The molecule has 0 aliphatic carbocycles. The van der Waals surface area contributed by atoms with Gasteiger partial charge in [0.1, 0.15) is 0 Å². The van der Waals surface area contributed by atoms with Gasteiger partial charge in [-0.25, -0.2) is 0 Å². The van der Waals surface area contributed by atoms with E-state index in [0.29, 0.717) is 6.04 Å². The van der Waals surface area contributed by atoms with E-state index < -0.39 is 0 Å². The molecular formula is C17H20N2O. The standard InChI is InChI=1S/C17H20N2O/c1-12-16(7-4-10-18-12)19-17(20)15-9-8-13-5-2-3-6-14(13)11-15/h2-3,5-6,8-9,11-12,16,18H,4,7,10H2,1H3,(H,19,20). The van der Waals surface area contributed by atoms with Gasteiger partial charge in [-0.15, -0.1) is 0 Å². The average Bonchev–Trinajstić information content (AvgIpc) is 2.49. The number of amides is 1. The van der Waals surface area contributed by atoms with E-state index in [1.807, 2.05) is 36.4 Å². The number of hydrogen-bond donors (Lipinski definition) is 2. The van der Waals surface area contributed by atoms with E-state index in [0.717, 1.165) is 35.7 Å². The molecule has 1 heterocycles. The van der Waals surface area contributed by atoms with Gasteiger partial charge in [-0.05, 0) is 49.2 Å². The van der Waals surface area contributed by atoms with Crippen LogP contribution < -0.4 is 10.6 Å². The highest BCUT2D eigenvalue weighted by Crippen LogP contribution is 2.16. The molecular weight excluding hydrogens is 248 g/mol. The van der Waals surface area contributed by atoms with Crippen molar-refractivity contribution in [3.05, 3.63) is 48.0 Å². The predicted octanol–water partition coefficient (Wildman–Crippen LogP) is 2.71. The molecule has 1 saturated heterocycles. The zero-order chi connectivity index (χ0) is 13.9. The molecule has 2 aromatic carbocycles. The van der Waals surface area contributed by atoms with Crippen molar-refractivity contribution in [2.75, 3.05) is 6.54 Å². The van der Waals surface area contributed by atoms with Gasteiger partial charge in [0.25, 0.3) is 5.91 Å². The predicted molar refractivity (Wildman–Crippen MR) is 81.9 cm³/mol. The van der Waals surface area contributed by atoms with Crippen molar-refractivity contribution in [3.8, 4) is 0 Å². The van der Waals surface area contributed by atoms with Crippen molar-refractivity contribution in [2.45, 2.75) is 31.8 Å². The number of carbonyl (C=O) groups is 1. The molecule has 3 heteroatoms. The smallest absolute Gasteiger partial charge is 0.251 e. The Kier molecular flexibility index (Phi) is 3.70. The van der Waals surface area contributed by atoms with Crippen LogP contribution in [0.2, 0.25) is 0 Å². The van der Waals surface area contributed by atoms with E-state index in [9.17, 15) is 4.79 Å². The minimum absolute atomic E-state index is 0.0244. The lowest BCUT2D eigenvalue weighted by Gasteiger charge is -2.30. The lowest BCUT2D eigenvalue weighted by atomic mass is 9.99. The molecule has 0 aromatic heterocycles. The van der Waals surface area contributed by atoms with E-state index >= 15 is 0 Å². The third kappa shape index (κ3) is 2.68. The van der Waals surface area contributed by atoms with Gasteiger partial charge in [0.05, 0.1) is 0 Å². The molecule has 2 N–H and O–H groups in total. The van der Waals surface area contributed by atoms with Crippen molar-refractivity contribution >= 4 is 16.7 Å². The number of piperidine rings is 1. The SMILES string of the molecule is CC1NCCCC1NC(=O)c1ccc2ccccc2c1. The minimum Gasteiger partial charge on any atom is -0.348 e. The van der Waals surface area contributed by atoms with Crippen molar-refractivity contribution < 1.29 is 4.79 Å². The van der Waals surface area contributed by atoms with Crippen molar-refractivity contribution in [2.24, 2.45) is 0 Å². The molecule has 2 atom stereocenters. The van der Waals surface area contributed by atoms with E-state index in [1.165, 1.54) is 0 Å². The summed E-state index contributed by atoms with van der Waals surface area (Å²) in [5, 5.41) is 8.82. The first-order valence-electron chi connectivity index (χ1n) is 7.27. The summed E-state index contributed by atoms with van der Waals surface area (Å²) in [6.45, 7) is 3.17. The van der Waals surface area contributed by atoms with Gasteiger partial charge in [-0.2, -0.15) is 0 Å². The Balaban J connectivity index is 1.78. The van der Waals surface area contributed by atoms with Crippen LogP contribution in [0.4, 0.5) is 0 Å². The molecule has 0 bridgehead atoms. The van der Waals surface area contributed by atoms with Crippen molar-refractivity contribution in [3.63, 3.8) is 0 Å². The zero-order valence-electron chi connectivity index (χ0n) is 11.7. The highest BCUT2D eigenvalue weighted by Gasteiger charge is 2.22. The maximum atomic E-state index is 12.4. The summed E-state index contributed by atoms with van der Waals surface area (Å²) in [5.41, 5.74) is 0.737. The van der Waals surface area contributed by atoms with Crippen LogP contribution in [0.3, 0.4) is 0 Å². The molecule has 1 aliphatic heterocycles. The summed E-state index contributed by atoms with van der Waals surface area (Å²) < 4.78 is 0. The van der Waals surface area contributed by atoms with Gasteiger partial charge >= 0.3 is 0 Å². The van der Waals surface area contributed by atoms with Crippen LogP contribution >= 0.6 is 0 Å². The summed E-state index contributed by atoms with van der Waals surface area (Å²) in [6.07, 6.45) is 2.17. The molecule has 20 heavy (non-hydrogen) atoms. The van der Waals surface area contributed by atoms with E-state index in [-0.39, 0.29) is 11.9 Å². The highest BCUT2D eigenvalue weighted by atomic mass is 16.1. The molecule has 3 nitrogen and oxygen atoms in total. The lowest BCUT2D eigenvalue weighted by Crippen LogP contribution is -2.51. The van der Waals surface area contributed by atoms with Gasteiger partial charge < -0.3 is 10.6 Å². The molecule has 104 valence electrons. The van der Waals surface area contributed by atoms with Gasteiger partial charge in [-0.3, -0.25) is 4.79 Å². The number of fused-ring (bicyclic) bond motifs is 1. The normalized spacial score (nSPS) is 22.6. The van der Waals surface area contributed by atoms with Gasteiger partial charge in [0, 0.05) is 17.6 Å². The Morgan fingerprint density at radius 2 is 2.00 bits per heavy atom. The summed E-state index contributed by atoms with van der Waals surface area (Å²) in [7, 11) is 0. The van der Waals surface area contributed by atoms with Gasteiger partial charge in [0.15, 0.2) is 0 Å². The van der Waals surface area contributed by atoms with Crippen LogP contribution in [-0.2, 0) is 0 Å². The molecule has 1 amide bonds.